The fourth-order valence-electron chi connectivity index (χ4n) is 1.86. The molecule has 16 heavy (non-hydrogen) atoms. The number of hydrogen-bond acceptors (Lipinski definition) is 2. The molecule has 1 aromatic carbocycles. The van der Waals surface area contributed by atoms with E-state index in [2.05, 4.69) is 18.3 Å². The van der Waals surface area contributed by atoms with Crippen molar-refractivity contribution in [3.63, 3.8) is 0 Å². The molecule has 1 aliphatic carbocycles. The number of rotatable bonds is 6. The molecule has 1 atom stereocenters. The van der Waals surface area contributed by atoms with Crippen LogP contribution >= 0.6 is 23.4 Å². The Morgan fingerprint density at radius 2 is 2.19 bits per heavy atom. The summed E-state index contributed by atoms with van der Waals surface area (Å²) in [5.74, 6) is 2.03. The van der Waals surface area contributed by atoms with Crippen LogP contribution in [0.2, 0.25) is 5.02 Å². The monoisotopic (exact) mass is 255 g/mol. The van der Waals surface area contributed by atoms with Gasteiger partial charge in [0.1, 0.15) is 0 Å². The summed E-state index contributed by atoms with van der Waals surface area (Å²) in [6, 6.07) is 8.75. The molecule has 0 aromatic heterocycles. The first-order valence-electron chi connectivity index (χ1n) is 5.92. The number of thioether (sulfide) groups is 1. The van der Waals surface area contributed by atoms with Crippen LogP contribution in [-0.4, -0.2) is 18.3 Å². The van der Waals surface area contributed by atoms with E-state index in [0.29, 0.717) is 6.04 Å². The maximum atomic E-state index is 6.14. The van der Waals surface area contributed by atoms with Gasteiger partial charge in [-0.05, 0) is 37.4 Å². The second-order valence-electron chi connectivity index (χ2n) is 4.24. The molecule has 1 saturated carbocycles. The summed E-state index contributed by atoms with van der Waals surface area (Å²) in [5.41, 5.74) is 0. The number of hydrogen-bond donors (Lipinski definition) is 1. The lowest BCUT2D eigenvalue weighted by Gasteiger charge is -2.16. The Hall–Kier alpha value is -0.180. The Bertz CT molecular complexity index is 338. The van der Waals surface area contributed by atoms with E-state index in [1.807, 2.05) is 30.0 Å². The van der Waals surface area contributed by atoms with E-state index >= 15 is 0 Å². The molecule has 0 heterocycles. The van der Waals surface area contributed by atoms with E-state index in [9.17, 15) is 0 Å². The normalized spacial score (nSPS) is 17.4. The van der Waals surface area contributed by atoms with Crippen molar-refractivity contribution in [1.29, 1.82) is 0 Å². The molecule has 0 radical (unpaired) electrons. The third-order valence-corrected chi connectivity index (χ3v) is 4.55. The average molecular weight is 256 g/mol. The third-order valence-electron chi connectivity index (χ3n) is 2.91. The van der Waals surface area contributed by atoms with Crippen LogP contribution < -0.4 is 5.32 Å². The van der Waals surface area contributed by atoms with Crippen molar-refractivity contribution < 1.29 is 0 Å². The van der Waals surface area contributed by atoms with E-state index in [4.69, 9.17) is 11.6 Å². The summed E-state index contributed by atoms with van der Waals surface area (Å²) in [5, 5.41) is 4.44. The van der Waals surface area contributed by atoms with Gasteiger partial charge in [0.15, 0.2) is 0 Å². The van der Waals surface area contributed by atoms with Gasteiger partial charge in [-0.1, -0.05) is 30.7 Å². The molecular formula is C13H18ClNS. The minimum absolute atomic E-state index is 0.659. The number of nitrogens with one attached hydrogen (secondary N) is 1. The highest BCUT2D eigenvalue weighted by atomic mass is 35.5. The van der Waals surface area contributed by atoms with Crippen molar-refractivity contribution in [1.82, 2.24) is 5.32 Å². The van der Waals surface area contributed by atoms with Crippen LogP contribution in [0.15, 0.2) is 29.2 Å². The van der Waals surface area contributed by atoms with E-state index < -0.39 is 0 Å². The van der Waals surface area contributed by atoms with Gasteiger partial charge in [0.2, 0.25) is 0 Å². The van der Waals surface area contributed by atoms with Gasteiger partial charge >= 0.3 is 0 Å². The van der Waals surface area contributed by atoms with E-state index in [0.717, 1.165) is 23.2 Å². The number of halogens is 1. The predicted octanol–water partition coefficient (Wildman–Crippen LogP) is 3.82. The average Bonchev–Trinajstić information content (AvgIpc) is 3.10. The van der Waals surface area contributed by atoms with Crippen molar-refractivity contribution in [2.24, 2.45) is 5.92 Å². The zero-order valence-corrected chi connectivity index (χ0v) is 11.2. The molecule has 0 aliphatic heterocycles. The minimum atomic E-state index is 0.659. The summed E-state index contributed by atoms with van der Waals surface area (Å²) >= 11 is 8.01. The second kappa shape index (κ2) is 5.95. The van der Waals surface area contributed by atoms with Crippen LogP contribution in [0, 0.1) is 5.92 Å². The second-order valence-corrected chi connectivity index (χ2v) is 5.71. The van der Waals surface area contributed by atoms with Gasteiger partial charge in [0.05, 0.1) is 5.02 Å². The van der Waals surface area contributed by atoms with Crippen LogP contribution in [0.5, 0.6) is 0 Å². The molecule has 3 heteroatoms. The Morgan fingerprint density at radius 1 is 1.44 bits per heavy atom. The molecule has 0 amide bonds. The first kappa shape index (κ1) is 12.3. The van der Waals surface area contributed by atoms with Gasteiger partial charge in [0.25, 0.3) is 0 Å². The molecule has 1 nitrogen and oxygen atoms in total. The SMILES string of the molecule is CCNC(CSc1ccccc1Cl)C1CC1. The maximum Gasteiger partial charge on any atom is 0.0541 e. The molecule has 88 valence electrons. The van der Waals surface area contributed by atoms with Crippen LogP contribution in [-0.2, 0) is 0 Å². The summed E-state index contributed by atoms with van der Waals surface area (Å²) < 4.78 is 0. The third kappa shape index (κ3) is 3.41. The van der Waals surface area contributed by atoms with Crippen molar-refractivity contribution in [3.05, 3.63) is 29.3 Å². The zero-order chi connectivity index (χ0) is 11.4. The number of benzene rings is 1. The highest BCUT2D eigenvalue weighted by molar-refractivity contribution is 7.99. The topological polar surface area (TPSA) is 12.0 Å². The summed E-state index contributed by atoms with van der Waals surface area (Å²) in [6.45, 7) is 3.24. The molecule has 0 bridgehead atoms. The van der Waals surface area contributed by atoms with Crippen LogP contribution in [0.25, 0.3) is 0 Å². The molecule has 1 aliphatic rings. The lowest BCUT2D eigenvalue weighted by atomic mass is 10.2. The van der Waals surface area contributed by atoms with Gasteiger partial charge < -0.3 is 5.32 Å². The summed E-state index contributed by atoms with van der Waals surface area (Å²) in [4.78, 5) is 1.20. The Morgan fingerprint density at radius 3 is 2.81 bits per heavy atom. The quantitative estimate of drug-likeness (QED) is 0.776. The maximum absolute atomic E-state index is 6.14. The summed E-state index contributed by atoms with van der Waals surface area (Å²) in [6.07, 6.45) is 2.78. The van der Waals surface area contributed by atoms with Crippen LogP contribution in [0.3, 0.4) is 0 Å². The minimum Gasteiger partial charge on any atom is -0.313 e. The van der Waals surface area contributed by atoms with Crippen molar-refractivity contribution >= 4 is 23.4 Å². The lowest BCUT2D eigenvalue weighted by molar-refractivity contribution is 0.519. The van der Waals surface area contributed by atoms with Crippen molar-refractivity contribution in [2.45, 2.75) is 30.7 Å². The van der Waals surface area contributed by atoms with Gasteiger partial charge in [-0.15, -0.1) is 11.8 Å². The standard InChI is InChI=1S/C13H18ClNS/c1-2-15-12(10-7-8-10)9-16-13-6-4-3-5-11(13)14/h3-6,10,12,15H,2,7-9H2,1H3. The largest absolute Gasteiger partial charge is 0.313 e. The van der Waals surface area contributed by atoms with E-state index in [1.54, 1.807) is 0 Å². The first-order chi connectivity index (χ1) is 7.81. The molecule has 1 unspecified atom stereocenters. The highest BCUT2D eigenvalue weighted by Crippen LogP contribution is 2.36. The fourth-order valence-corrected chi connectivity index (χ4v) is 3.29. The Kier molecular flexibility index (Phi) is 4.56. The smallest absolute Gasteiger partial charge is 0.0541 e. The van der Waals surface area contributed by atoms with E-state index in [1.165, 1.54) is 17.7 Å². The van der Waals surface area contributed by atoms with Gasteiger partial charge in [-0.25, -0.2) is 0 Å². The molecule has 0 saturated heterocycles. The fraction of sp³-hybridized carbons (Fsp3) is 0.538. The summed E-state index contributed by atoms with van der Waals surface area (Å²) in [7, 11) is 0. The Balaban J connectivity index is 1.87. The first-order valence-corrected chi connectivity index (χ1v) is 7.28. The molecule has 1 N–H and O–H groups in total. The predicted molar refractivity (Wildman–Crippen MR) is 72.4 cm³/mol. The highest BCUT2D eigenvalue weighted by Gasteiger charge is 2.30. The van der Waals surface area contributed by atoms with Crippen LogP contribution in [0.4, 0.5) is 0 Å². The van der Waals surface area contributed by atoms with Gasteiger partial charge in [0, 0.05) is 16.7 Å². The Labute approximate surface area is 107 Å². The lowest BCUT2D eigenvalue weighted by Crippen LogP contribution is -2.33. The molecule has 1 fully saturated rings. The van der Waals surface area contributed by atoms with Crippen molar-refractivity contribution in [2.75, 3.05) is 12.3 Å². The molecule has 1 aromatic rings. The van der Waals surface area contributed by atoms with E-state index in [-0.39, 0.29) is 0 Å². The molecular weight excluding hydrogens is 238 g/mol. The van der Waals surface area contributed by atoms with Gasteiger partial charge in [-0.3, -0.25) is 0 Å². The van der Waals surface area contributed by atoms with Crippen LogP contribution in [0.1, 0.15) is 19.8 Å². The zero-order valence-electron chi connectivity index (χ0n) is 9.58. The van der Waals surface area contributed by atoms with Gasteiger partial charge in [-0.2, -0.15) is 0 Å². The van der Waals surface area contributed by atoms with Crippen molar-refractivity contribution in [3.8, 4) is 0 Å². The molecule has 2 rings (SSSR count). The molecule has 0 spiro atoms.